The van der Waals surface area contributed by atoms with Crippen molar-refractivity contribution in [2.45, 2.75) is 37.4 Å². The molecule has 1 saturated carbocycles. The Morgan fingerprint density at radius 1 is 1.59 bits per heavy atom. The predicted molar refractivity (Wildman–Crippen MR) is 68.2 cm³/mol. The number of aromatic nitrogens is 1. The molecule has 1 aliphatic carbocycles. The van der Waals surface area contributed by atoms with Crippen LogP contribution in [0.4, 0.5) is 0 Å². The number of hydrogen-bond donors (Lipinski definition) is 1. The molecule has 94 valence electrons. The summed E-state index contributed by atoms with van der Waals surface area (Å²) in [7, 11) is 0. The van der Waals surface area contributed by atoms with Crippen LogP contribution >= 0.6 is 15.9 Å². The number of aryl methyl sites for hydroxylation is 1. The molecular weight excluding hydrogens is 284 g/mol. The summed E-state index contributed by atoms with van der Waals surface area (Å²) in [5, 5.41) is 2.92. The van der Waals surface area contributed by atoms with Crippen LogP contribution in [0.3, 0.4) is 0 Å². The molecule has 0 spiro atoms. The van der Waals surface area contributed by atoms with Gasteiger partial charge in [0.25, 0.3) is 5.91 Å². The second-order valence-electron chi connectivity index (χ2n) is 4.54. The van der Waals surface area contributed by atoms with Crippen molar-refractivity contribution in [3.05, 3.63) is 17.8 Å². The molecule has 0 aromatic carbocycles. The zero-order valence-electron chi connectivity index (χ0n) is 9.91. The molecule has 1 aliphatic rings. The molecule has 1 N–H and O–H groups in total. The van der Waals surface area contributed by atoms with Gasteiger partial charge in [0, 0.05) is 11.4 Å². The van der Waals surface area contributed by atoms with E-state index < -0.39 is 0 Å². The maximum Gasteiger partial charge on any atom is 0.289 e. The largest absolute Gasteiger partial charge is 0.438 e. The van der Waals surface area contributed by atoms with Crippen molar-refractivity contribution in [3.8, 4) is 0 Å². The lowest BCUT2D eigenvalue weighted by Crippen LogP contribution is -2.34. The zero-order chi connectivity index (χ0) is 12.3. The lowest BCUT2D eigenvalue weighted by Gasteiger charge is -2.27. The highest BCUT2D eigenvalue weighted by molar-refractivity contribution is 9.09. The summed E-state index contributed by atoms with van der Waals surface area (Å²) in [6.45, 7) is 2.47. The van der Waals surface area contributed by atoms with Crippen molar-refractivity contribution in [2.24, 2.45) is 5.92 Å². The molecule has 0 saturated heterocycles. The number of rotatable bonds is 3. The summed E-state index contributed by atoms with van der Waals surface area (Å²) in [6.07, 6.45) is 6.21. The van der Waals surface area contributed by atoms with Crippen LogP contribution in [0.15, 0.2) is 10.8 Å². The van der Waals surface area contributed by atoms with Crippen molar-refractivity contribution < 1.29 is 9.21 Å². The molecule has 1 aromatic heterocycles. The monoisotopic (exact) mass is 300 g/mol. The van der Waals surface area contributed by atoms with E-state index in [0.29, 0.717) is 28.7 Å². The Balaban J connectivity index is 1.86. The first-order valence-corrected chi connectivity index (χ1v) is 6.92. The third-order valence-electron chi connectivity index (χ3n) is 3.29. The van der Waals surface area contributed by atoms with Gasteiger partial charge in [0.05, 0.1) is 5.69 Å². The number of oxazole rings is 1. The van der Waals surface area contributed by atoms with Crippen LogP contribution in [0.25, 0.3) is 0 Å². The van der Waals surface area contributed by atoms with E-state index in [1.807, 2.05) is 0 Å². The normalized spacial score (nSPS) is 24.6. The topological polar surface area (TPSA) is 55.1 Å². The minimum absolute atomic E-state index is 0.162. The highest BCUT2D eigenvalue weighted by Gasteiger charge is 2.24. The Morgan fingerprint density at radius 2 is 2.35 bits per heavy atom. The number of hydrogen-bond acceptors (Lipinski definition) is 3. The fourth-order valence-corrected chi connectivity index (χ4v) is 2.99. The zero-order valence-corrected chi connectivity index (χ0v) is 11.5. The number of carbonyl (C=O) groups is 1. The highest BCUT2D eigenvalue weighted by atomic mass is 79.9. The van der Waals surface area contributed by atoms with Gasteiger partial charge < -0.3 is 9.73 Å². The standard InChI is InChI=1S/C12H17BrN2O2/c1-8-11(17-7-15-8)12(16)14-6-9-4-2-3-5-10(9)13/h7,9-10H,2-6H2,1H3,(H,14,16). The van der Waals surface area contributed by atoms with E-state index in [0.717, 1.165) is 0 Å². The number of carbonyl (C=O) groups excluding carboxylic acids is 1. The van der Waals surface area contributed by atoms with Crippen molar-refractivity contribution >= 4 is 21.8 Å². The molecule has 17 heavy (non-hydrogen) atoms. The van der Waals surface area contributed by atoms with Gasteiger partial charge in [-0.3, -0.25) is 4.79 Å². The molecule has 1 fully saturated rings. The summed E-state index contributed by atoms with van der Waals surface area (Å²) in [6, 6.07) is 0. The molecule has 2 unspecified atom stereocenters. The number of halogens is 1. The van der Waals surface area contributed by atoms with E-state index in [-0.39, 0.29) is 5.91 Å². The minimum atomic E-state index is -0.162. The molecule has 0 radical (unpaired) electrons. The molecule has 1 heterocycles. The molecule has 2 atom stereocenters. The summed E-state index contributed by atoms with van der Waals surface area (Å²) in [5.74, 6) is 0.688. The van der Waals surface area contributed by atoms with Crippen LogP contribution in [0.5, 0.6) is 0 Å². The number of alkyl halides is 1. The Morgan fingerprint density at radius 3 is 3.00 bits per heavy atom. The molecule has 1 amide bonds. The molecule has 0 aliphatic heterocycles. The van der Waals surface area contributed by atoms with Gasteiger partial charge >= 0.3 is 0 Å². The second kappa shape index (κ2) is 5.67. The first-order chi connectivity index (χ1) is 8.18. The fraction of sp³-hybridized carbons (Fsp3) is 0.667. The highest BCUT2D eigenvalue weighted by Crippen LogP contribution is 2.29. The maximum absolute atomic E-state index is 11.8. The molecule has 5 heteroatoms. The molecule has 0 bridgehead atoms. The predicted octanol–water partition coefficient (Wildman–Crippen LogP) is 2.67. The van der Waals surface area contributed by atoms with Gasteiger partial charge in [-0.05, 0) is 25.7 Å². The van der Waals surface area contributed by atoms with Gasteiger partial charge in [0.1, 0.15) is 0 Å². The van der Waals surface area contributed by atoms with Crippen LogP contribution < -0.4 is 5.32 Å². The van der Waals surface area contributed by atoms with Crippen molar-refractivity contribution in [3.63, 3.8) is 0 Å². The summed E-state index contributed by atoms with van der Waals surface area (Å²) in [4.78, 5) is 16.2. The lowest BCUT2D eigenvalue weighted by atomic mass is 9.89. The number of amides is 1. The van der Waals surface area contributed by atoms with Crippen LogP contribution in [0, 0.1) is 12.8 Å². The number of nitrogens with zero attached hydrogens (tertiary/aromatic N) is 1. The number of nitrogens with one attached hydrogen (secondary N) is 1. The summed E-state index contributed by atoms with van der Waals surface area (Å²) >= 11 is 3.68. The molecule has 1 aromatic rings. The van der Waals surface area contributed by atoms with Gasteiger partial charge in [-0.25, -0.2) is 4.98 Å². The SMILES string of the molecule is Cc1ncoc1C(=O)NCC1CCCCC1Br. The maximum atomic E-state index is 11.8. The van der Waals surface area contributed by atoms with Gasteiger partial charge in [0.2, 0.25) is 5.76 Å². The second-order valence-corrected chi connectivity index (χ2v) is 5.71. The summed E-state index contributed by atoms with van der Waals surface area (Å²) in [5.41, 5.74) is 0.640. The average molecular weight is 301 g/mol. The third-order valence-corrected chi connectivity index (χ3v) is 4.50. The van der Waals surface area contributed by atoms with Gasteiger partial charge in [0.15, 0.2) is 6.39 Å². The van der Waals surface area contributed by atoms with E-state index in [1.54, 1.807) is 6.92 Å². The minimum Gasteiger partial charge on any atom is -0.438 e. The van der Waals surface area contributed by atoms with Gasteiger partial charge in [-0.1, -0.05) is 28.8 Å². The van der Waals surface area contributed by atoms with Crippen LogP contribution in [0.2, 0.25) is 0 Å². The Kier molecular flexibility index (Phi) is 4.20. The molecule has 2 rings (SSSR count). The van der Waals surface area contributed by atoms with Crippen molar-refractivity contribution in [1.29, 1.82) is 0 Å². The first kappa shape index (κ1) is 12.6. The lowest BCUT2D eigenvalue weighted by molar-refractivity contribution is 0.0916. The Bertz CT molecular complexity index is 392. The van der Waals surface area contributed by atoms with E-state index >= 15 is 0 Å². The van der Waals surface area contributed by atoms with E-state index in [2.05, 4.69) is 26.2 Å². The Hall–Kier alpha value is -0.840. The fourth-order valence-electron chi connectivity index (χ4n) is 2.22. The van der Waals surface area contributed by atoms with Crippen molar-refractivity contribution in [1.82, 2.24) is 10.3 Å². The Labute approximate surface area is 109 Å². The average Bonchev–Trinajstić information content (AvgIpc) is 2.74. The van der Waals surface area contributed by atoms with E-state index in [4.69, 9.17) is 4.42 Å². The quantitative estimate of drug-likeness (QED) is 0.873. The first-order valence-electron chi connectivity index (χ1n) is 6.01. The van der Waals surface area contributed by atoms with Crippen LogP contribution in [0.1, 0.15) is 41.9 Å². The van der Waals surface area contributed by atoms with Crippen LogP contribution in [-0.2, 0) is 0 Å². The van der Waals surface area contributed by atoms with Crippen molar-refractivity contribution in [2.75, 3.05) is 6.54 Å². The van der Waals surface area contributed by atoms with Gasteiger partial charge in [-0.2, -0.15) is 0 Å². The van der Waals surface area contributed by atoms with E-state index in [1.165, 1.54) is 32.1 Å². The van der Waals surface area contributed by atoms with Gasteiger partial charge in [-0.15, -0.1) is 0 Å². The van der Waals surface area contributed by atoms with Crippen LogP contribution in [-0.4, -0.2) is 22.3 Å². The van der Waals surface area contributed by atoms with E-state index in [9.17, 15) is 4.79 Å². The smallest absolute Gasteiger partial charge is 0.289 e. The molecular formula is C12H17BrN2O2. The summed E-state index contributed by atoms with van der Waals surface area (Å²) < 4.78 is 5.06. The third kappa shape index (κ3) is 3.09. The molecule has 4 nitrogen and oxygen atoms in total.